The first-order valence-corrected chi connectivity index (χ1v) is 7.04. The van der Waals surface area contributed by atoms with E-state index in [1.54, 1.807) is 26.0 Å². The van der Waals surface area contributed by atoms with Crippen LogP contribution in [0.25, 0.3) is 0 Å². The van der Waals surface area contributed by atoms with Crippen molar-refractivity contribution in [2.45, 2.75) is 19.9 Å². The molecule has 100 valence electrons. The number of halogens is 3. The molecule has 2 N–H and O–H groups in total. The van der Waals surface area contributed by atoms with Gasteiger partial charge in [0, 0.05) is 4.47 Å². The van der Waals surface area contributed by atoms with E-state index in [1.807, 2.05) is 18.2 Å². The Morgan fingerprint density at radius 3 is 2.21 bits per heavy atom. The van der Waals surface area contributed by atoms with Crippen molar-refractivity contribution in [3.05, 3.63) is 67.9 Å². The number of nitrogens with two attached hydrogens (primary N) is 1. The van der Waals surface area contributed by atoms with Crippen molar-refractivity contribution < 1.29 is 4.39 Å². The van der Waals surface area contributed by atoms with Gasteiger partial charge in [-0.3, -0.25) is 0 Å². The maximum Gasteiger partial charge on any atom is 0.129 e. The molecule has 1 atom stereocenters. The largest absolute Gasteiger partial charge is 0.320 e. The third kappa shape index (κ3) is 2.99. The van der Waals surface area contributed by atoms with Gasteiger partial charge in [-0.2, -0.15) is 0 Å². The van der Waals surface area contributed by atoms with Crippen molar-refractivity contribution >= 4 is 27.5 Å². The predicted molar refractivity (Wildman–Crippen MR) is 81.1 cm³/mol. The molecule has 0 fully saturated rings. The summed E-state index contributed by atoms with van der Waals surface area (Å²) in [6.45, 7) is 3.49. The second-order valence-electron chi connectivity index (χ2n) is 4.62. The monoisotopic (exact) mass is 341 g/mol. The molecule has 0 amide bonds. The smallest absolute Gasteiger partial charge is 0.129 e. The van der Waals surface area contributed by atoms with Crippen LogP contribution in [0.4, 0.5) is 4.39 Å². The Bertz CT molecular complexity index is 605. The molecule has 0 spiro atoms. The molecule has 19 heavy (non-hydrogen) atoms. The van der Waals surface area contributed by atoms with E-state index in [-0.39, 0.29) is 11.9 Å². The molecule has 0 aliphatic rings. The molecule has 0 heterocycles. The van der Waals surface area contributed by atoms with Crippen LogP contribution in [0.5, 0.6) is 0 Å². The highest BCUT2D eigenvalue weighted by molar-refractivity contribution is 9.10. The summed E-state index contributed by atoms with van der Waals surface area (Å²) in [5.41, 5.74) is 9.22. The average molecular weight is 343 g/mol. The van der Waals surface area contributed by atoms with Crippen LogP contribution in [0.1, 0.15) is 28.3 Å². The van der Waals surface area contributed by atoms with Crippen LogP contribution < -0.4 is 5.73 Å². The normalized spacial score (nSPS) is 12.5. The average Bonchev–Trinajstić information content (AvgIpc) is 2.37. The van der Waals surface area contributed by atoms with Crippen LogP contribution in [0, 0.1) is 19.7 Å². The van der Waals surface area contributed by atoms with E-state index in [2.05, 4.69) is 15.9 Å². The fourth-order valence-corrected chi connectivity index (χ4v) is 2.49. The van der Waals surface area contributed by atoms with Crippen LogP contribution in [0.3, 0.4) is 0 Å². The lowest BCUT2D eigenvalue weighted by Gasteiger charge is -2.15. The minimum atomic E-state index is -0.316. The molecule has 2 aromatic carbocycles. The summed E-state index contributed by atoms with van der Waals surface area (Å²) in [7, 11) is 0. The maximum absolute atomic E-state index is 13.6. The van der Waals surface area contributed by atoms with E-state index in [9.17, 15) is 4.39 Å². The highest BCUT2D eigenvalue weighted by Crippen LogP contribution is 2.29. The van der Waals surface area contributed by atoms with Gasteiger partial charge in [0.15, 0.2) is 0 Å². The van der Waals surface area contributed by atoms with E-state index >= 15 is 0 Å². The molecule has 1 unspecified atom stereocenters. The van der Waals surface area contributed by atoms with Crippen molar-refractivity contribution in [1.29, 1.82) is 0 Å². The zero-order chi connectivity index (χ0) is 14.2. The molecular weight excluding hydrogens is 329 g/mol. The van der Waals surface area contributed by atoms with E-state index in [4.69, 9.17) is 17.3 Å². The van der Waals surface area contributed by atoms with Crippen LogP contribution in [-0.4, -0.2) is 0 Å². The molecule has 0 bridgehead atoms. The summed E-state index contributed by atoms with van der Waals surface area (Å²) >= 11 is 9.42. The lowest BCUT2D eigenvalue weighted by Crippen LogP contribution is -2.12. The van der Waals surface area contributed by atoms with Crippen molar-refractivity contribution in [2.75, 3.05) is 0 Å². The standard InChI is InChI=1S/C15H14BrClFN/c1-8-5-11(6-9(2)14(8)18)15(19)10-3-4-12(16)13(17)7-10/h3-7,15H,19H2,1-2H3. The third-order valence-corrected chi connectivity index (χ3v) is 4.35. The molecule has 1 nitrogen and oxygen atoms in total. The predicted octanol–water partition coefficient (Wildman–Crippen LogP) is 4.91. The summed E-state index contributed by atoms with van der Waals surface area (Å²) in [6, 6.07) is 8.84. The number of rotatable bonds is 2. The van der Waals surface area contributed by atoms with Gasteiger partial charge in [0.1, 0.15) is 5.82 Å². The molecule has 4 heteroatoms. The van der Waals surface area contributed by atoms with Gasteiger partial charge in [-0.15, -0.1) is 0 Å². The number of hydrogen-bond acceptors (Lipinski definition) is 1. The summed E-state index contributed by atoms with van der Waals surface area (Å²) in [5.74, 6) is -0.176. The minimum absolute atomic E-state index is 0.176. The second kappa shape index (κ2) is 5.61. The first-order chi connectivity index (χ1) is 8.90. The second-order valence-corrected chi connectivity index (χ2v) is 5.88. The fraction of sp³-hybridized carbons (Fsp3) is 0.200. The van der Waals surface area contributed by atoms with Gasteiger partial charge >= 0.3 is 0 Å². The molecule has 0 aliphatic carbocycles. The first kappa shape index (κ1) is 14.5. The minimum Gasteiger partial charge on any atom is -0.320 e. The number of benzene rings is 2. The van der Waals surface area contributed by atoms with Crippen LogP contribution in [-0.2, 0) is 0 Å². The van der Waals surface area contributed by atoms with Gasteiger partial charge in [-0.25, -0.2) is 4.39 Å². The number of aryl methyl sites for hydroxylation is 2. The topological polar surface area (TPSA) is 26.0 Å². The Labute approximate surface area is 125 Å². The highest BCUT2D eigenvalue weighted by atomic mass is 79.9. The van der Waals surface area contributed by atoms with Crippen molar-refractivity contribution in [1.82, 2.24) is 0 Å². The summed E-state index contributed by atoms with van der Waals surface area (Å²) in [6.07, 6.45) is 0. The molecule has 0 radical (unpaired) electrons. The Kier molecular flexibility index (Phi) is 4.29. The van der Waals surface area contributed by atoms with Crippen LogP contribution in [0.15, 0.2) is 34.8 Å². The zero-order valence-corrected chi connectivity index (χ0v) is 13.0. The quantitative estimate of drug-likeness (QED) is 0.825. The SMILES string of the molecule is Cc1cc(C(N)c2ccc(Br)c(Cl)c2)cc(C)c1F. The van der Waals surface area contributed by atoms with E-state index in [0.717, 1.165) is 15.6 Å². The van der Waals surface area contributed by atoms with Gasteiger partial charge in [0.05, 0.1) is 11.1 Å². The molecule has 0 saturated heterocycles. The van der Waals surface area contributed by atoms with Gasteiger partial charge in [0.2, 0.25) is 0 Å². The van der Waals surface area contributed by atoms with Crippen molar-refractivity contribution in [3.63, 3.8) is 0 Å². The van der Waals surface area contributed by atoms with Crippen LogP contribution >= 0.6 is 27.5 Å². The molecule has 0 aromatic heterocycles. The molecule has 2 rings (SSSR count). The van der Waals surface area contributed by atoms with Crippen molar-refractivity contribution in [2.24, 2.45) is 5.73 Å². The van der Waals surface area contributed by atoms with Crippen molar-refractivity contribution in [3.8, 4) is 0 Å². The van der Waals surface area contributed by atoms with Gasteiger partial charge in [-0.1, -0.05) is 29.8 Å². The highest BCUT2D eigenvalue weighted by Gasteiger charge is 2.13. The Morgan fingerprint density at radius 1 is 1.11 bits per heavy atom. The Balaban J connectivity index is 2.43. The van der Waals surface area contributed by atoms with Crippen LogP contribution in [0.2, 0.25) is 5.02 Å². The van der Waals surface area contributed by atoms with E-state index in [0.29, 0.717) is 16.1 Å². The maximum atomic E-state index is 13.6. The van der Waals surface area contributed by atoms with Gasteiger partial charge in [0.25, 0.3) is 0 Å². The molecule has 0 saturated carbocycles. The fourth-order valence-electron chi connectivity index (χ4n) is 2.06. The van der Waals surface area contributed by atoms with E-state index in [1.165, 1.54) is 0 Å². The lowest BCUT2D eigenvalue weighted by atomic mass is 9.96. The molecule has 2 aromatic rings. The van der Waals surface area contributed by atoms with E-state index < -0.39 is 0 Å². The Hall–Kier alpha value is -0.900. The third-order valence-electron chi connectivity index (χ3n) is 3.12. The zero-order valence-electron chi connectivity index (χ0n) is 10.7. The summed E-state index contributed by atoms with van der Waals surface area (Å²) in [5, 5.41) is 0.614. The first-order valence-electron chi connectivity index (χ1n) is 5.87. The number of hydrogen-bond donors (Lipinski definition) is 1. The van der Waals surface area contributed by atoms with Gasteiger partial charge < -0.3 is 5.73 Å². The van der Waals surface area contributed by atoms with Gasteiger partial charge in [-0.05, 0) is 64.2 Å². The molecule has 0 aliphatic heterocycles. The summed E-state index contributed by atoms with van der Waals surface area (Å²) < 4.78 is 14.5. The Morgan fingerprint density at radius 2 is 1.68 bits per heavy atom. The molecular formula is C15H14BrClFN. The lowest BCUT2D eigenvalue weighted by molar-refractivity contribution is 0.607. The summed E-state index contributed by atoms with van der Waals surface area (Å²) in [4.78, 5) is 0.